The third-order valence-electron chi connectivity index (χ3n) is 2.61. The fourth-order valence-corrected chi connectivity index (χ4v) is 2.80. The molecule has 2 aromatic rings. The highest BCUT2D eigenvalue weighted by atomic mass is 32.1. The summed E-state index contributed by atoms with van der Waals surface area (Å²) >= 11 is 1.84. The first-order valence-corrected chi connectivity index (χ1v) is 6.64. The molecule has 0 atom stereocenters. The first-order chi connectivity index (χ1) is 7.81. The molecular formula is C14H17NS. The van der Waals surface area contributed by atoms with Gasteiger partial charge in [0.2, 0.25) is 0 Å². The number of aromatic nitrogens is 1. The van der Waals surface area contributed by atoms with Gasteiger partial charge in [0.15, 0.2) is 0 Å². The number of rotatable bonds is 4. The lowest BCUT2D eigenvalue weighted by Crippen LogP contribution is -1.86. The van der Waals surface area contributed by atoms with Crippen molar-refractivity contribution in [2.24, 2.45) is 0 Å². The average Bonchev–Trinajstić information content (AvgIpc) is 2.69. The maximum absolute atomic E-state index is 4.65. The largest absolute Gasteiger partial charge is 0.241 e. The van der Waals surface area contributed by atoms with Gasteiger partial charge in [0.1, 0.15) is 0 Å². The van der Waals surface area contributed by atoms with Crippen LogP contribution in [-0.4, -0.2) is 4.98 Å². The molecule has 0 N–H and O–H groups in total. The van der Waals surface area contributed by atoms with Crippen LogP contribution in [0.15, 0.2) is 30.3 Å². The van der Waals surface area contributed by atoms with Crippen molar-refractivity contribution in [3.05, 3.63) is 40.2 Å². The Morgan fingerprint density at radius 1 is 1.19 bits per heavy atom. The van der Waals surface area contributed by atoms with Gasteiger partial charge in [-0.25, -0.2) is 4.98 Å². The van der Waals surface area contributed by atoms with Crippen molar-refractivity contribution in [2.45, 2.75) is 33.1 Å². The van der Waals surface area contributed by atoms with Crippen LogP contribution in [0.1, 0.15) is 29.7 Å². The predicted molar refractivity (Wildman–Crippen MR) is 70.9 cm³/mol. The number of hydrogen-bond donors (Lipinski definition) is 0. The molecule has 1 aromatic carbocycles. The molecule has 1 heterocycles. The van der Waals surface area contributed by atoms with Crippen LogP contribution in [0.25, 0.3) is 11.3 Å². The topological polar surface area (TPSA) is 12.9 Å². The Morgan fingerprint density at radius 3 is 2.62 bits per heavy atom. The number of hydrogen-bond acceptors (Lipinski definition) is 2. The third-order valence-corrected chi connectivity index (χ3v) is 3.64. The maximum atomic E-state index is 4.65. The number of aryl methyl sites for hydroxylation is 2. The van der Waals surface area contributed by atoms with Gasteiger partial charge >= 0.3 is 0 Å². The molecule has 1 nitrogen and oxygen atoms in total. The highest BCUT2D eigenvalue weighted by Crippen LogP contribution is 2.29. The Labute approximate surface area is 101 Å². The molecule has 0 aliphatic rings. The van der Waals surface area contributed by atoms with Crippen LogP contribution >= 0.6 is 11.3 Å². The quantitative estimate of drug-likeness (QED) is 0.757. The summed E-state index contributed by atoms with van der Waals surface area (Å²) in [7, 11) is 0. The molecule has 0 unspecified atom stereocenters. The highest BCUT2D eigenvalue weighted by Gasteiger charge is 2.09. The van der Waals surface area contributed by atoms with Crippen molar-refractivity contribution in [3.8, 4) is 11.3 Å². The van der Waals surface area contributed by atoms with Gasteiger partial charge in [-0.1, -0.05) is 43.7 Å². The summed E-state index contributed by atoms with van der Waals surface area (Å²) < 4.78 is 0. The summed E-state index contributed by atoms with van der Waals surface area (Å²) in [5.41, 5.74) is 2.44. The lowest BCUT2D eigenvalue weighted by Gasteiger charge is -2.01. The molecule has 0 radical (unpaired) electrons. The Morgan fingerprint density at radius 2 is 1.94 bits per heavy atom. The van der Waals surface area contributed by atoms with E-state index in [-0.39, 0.29) is 0 Å². The van der Waals surface area contributed by atoms with E-state index in [1.54, 1.807) is 0 Å². The molecule has 0 bridgehead atoms. The van der Waals surface area contributed by atoms with Gasteiger partial charge in [0.25, 0.3) is 0 Å². The number of nitrogens with zero attached hydrogens (tertiary/aromatic N) is 1. The van der Waals surface area contributed by atoms with E-state index in [4.69, 9.17) is 0 Å². The van der Waals surface area contributed by atoms with Crippen LogP contribution in [0.4, 0.5) is 0 Å². The van der Waals surface area contributed by atoms with Gasteiger partial charge < -0.3 is 0 Å². The van der Waals surface area contributed by atoms with Gasteiger partial charge in [-0.15, -0.1) is 11.3 Å². The number of thiazole rings is 1. The van der Waals surface area contributed by atoms with Crippen molar-refractivity contribution in [1.29, 1.82) is 0 Å². The van der Waals surface area contributed by atoms with Crippen molar-refractivity contribution in [2.75, 3.05) is 0 Å². The molecule has 0 saturated heterocycles. The van der Waals surface area contributed by atoms with Gasteiger partial charge in [0, 0.05) is 10.4 Å². The zero-order valence-corrected chi connectivity index (χ0v) is 10.7. The van der Waals surface area contributed by atoms with E-state index in [0.717, 1.165) is 6.42 Å². The first kappa shape index (κ1) is 11.3. The smallest absolute Gasteiger partial charge is 0.0904 e. The molecule has 0 aliphatic heterocycles. The lowest BCUT2D eigenvalue weighted by atomic mass is 10.1. The first-order valence-electron chi connectivity index (χ1n) is 5.83. The maximum Gasteiger partial charge on any atom is 0.0904 e. The Kier molecular flexibility index (Phi) is 3.73. The van der Waals surface area contributed by atoms with Crippen LogP contribution in [0.3, 0.4) is 0 Å². The summed E-state index contributed by atoms with van der Waals surface area (Å²) in [6.07, 6.45) is 3.65. The fraction of sp³-hybridized carbons (Fsp3) is 0.357. The summed E-state index contributed by atoms with van der Waals surface area (Å²) in [6.45, 7) is 4.32. The van der Waals surface area contributed by atoms with E-state index in [0.29, 0.717) is 0 Å². The van der Waals surface area contributed by atoms with E-state index in [1.165, 1.54) is 34.0 Å². The molecule has 1 aromatic heterocycles. The summed E-state index contributed by atoms with van der Waals surface area (Å²) in [6, 6.07) is 10.5. The Hall–Kier alpha value is -1.15. The van der Waals surface area contributed by atoms with Crippen LogP contribution in [0, 0.1) is 6.92 Å². The predicted octanol–water partition coefficient (Wildman–Crippen LogP) is 4.46. The minimum absolute atomic E-state index is 1.16. The van der Waals surface area contributed by atoms with Crippen molar-refractivity contribution >= 4 is 11.3 Å². The van der Waals surface area contributed by atoms with Crippen molar-refractivity contribution < 1.29 is 0 Å². The standard InChI is InChI=1S/C14H17NS/c1-3-4-10-13-14(15-11(2)16-13)12-8-6-5-7-9-12/h5-9H,3-4,10H2,1-2H3. The van der Waals surface area contributed by atoms with E-state index in [9.17, 15) is 0 Å². The van der Waals surface area contributed by atoms with Gasteiger partial charge in [-0.2, -0.15) is 0 Å². The second-order valence-corrected chi connectivity index (χ2v) is 5.26. The lowest BCUT2D eigenvalue weighted by molar-refractivity contribution is 0.804. The van der Waals surface area contributed by atoms with E-state index in [2.05, 4.69) is 49.2 Å². The van der Waals surface area contributed by atoms with E-state index in [1.807, 2.05) is 11.3 Å². The number of unbranched alkanes of at least 4 members (excludes halogenated alkanes) is 1. The zero-order valence-electron chi connectivity index (χ0n) is 9.86. The summed E-state index contributed by atoms with van der Waals surface area (Å²) in [5, 5.41) is 1.17. The molecule has 0 fully saturated rings. The molecule has 84 valence electrons. The van der Waals surface area contributed by atoms with E-state index >= 15 is 0 Å². The second-order valence-electron chi connectivity index (χ2n) is 3.97. The van der Waals surface area contributed by atoms with Crippen LogP contribution in [0.2, 0.25) is 0 Å². The van der Waals surface area contributed by atoms with Gasteiger partial charge in [0.05, 0.1) is 10.7 Å². The summed E-state index contributed by atoms with van der Waals surface area (Å²) in [5.74, 6) is 0. The van der Waals surface area contributed by atoms with Crippen LogP contribution in [0.5, 0.6) is 0 Å². The molecule has 0 saturated carbocycles. The molecule has 2 heteroatoms. The zero-order chi connectivity index (χ0) is 11.4. The van der Waals surface area contributed by atoms with Gasteiger partial charge in [-0.3, -0.25) is 0 Å². The normalized spacial score (nSPS) is 10.6. The molecular weight excluding hydrogens is 214 g/mol. The average molecular weight is 231 g/mol. The minimum Gasteiger partial charge on any atom is -0.241 e. The van der Waals surface area contributed by atoms with Crippen LogP contribution in [-0.2, 0) is 6.42 Å². The minimum atomic E-state index is 1.16. The molecule has 0 aliphatic carbocycles. The molecule has 2 rings (SSSR count). The highest BCUT2D eigenvalue weighted by molar-refractivity contribution is 7.12. The second kappa shape index (κ2) is 5.26. The van der Waals surface area contributed by atoms with Crippen molar-refractivity contribution in [1.82, 2.24) is 4.98 Å². The Balaban J connectivity index is 2.33. The monoisotopic (exact) mass is 231 g/mol. The van der Waals surface area contributed by atoms with E-state index < -0.39 is 0 Å². The Bertz CT molecular complexity index is 445. The summed E-state index contributed by atoms with van der Waals surface area (Å²) in [4.78, 5) is 6.09. The van der Waals surface area contributed by atoms with Gasteiger partial charge in [-0.05, 0) is 19.8 Å². The van der Waals surface area contributed by atoms with Crippen LogP contribution < -0.4 is 0 Å². The fourth-order valence-electron chi connectivity index (χ4n) is 1.80. The van der Waals surface area contributed by atoms with Crippen molar-refractivity contribution in [3.63, 3.8) is 0 Å². The number of benzene rings is 1. The SMILES string of the molecule is CCCCc1sc(C)nc1-c1ccccc1. The molecule has 0 amide bonds. The molecule has 0 spiro atoms. The third kappa shape index (κ3) is 2.50. The molecule has 16 heavy (non-hydrogen) atoms.